The van der Waals surface area contributed by atoms with Gasteiger partial charge in [0, 0.05) is 0 Å². The van der Waals surface area contributed by atoms with Gasteiger partial charge in [-0.15, -0.1) is 0 Å². The summed E-state index contributed by atoms with van der Waals surface area (Å²) >= 11 is -8.88. The molecule has 40 nitrogen and oxygen atoms in total. The SMILES string of the molecule is O=[N+]([O-])c1cc([N+](=O)[O-])c(O)c([N+](=O)[O][Pb]([O][N+](=O)c2cc([N+](=O)[O-])c(O)c([N+](=O)[O-])c2)([O][N+](=O)c2cc([N+](=O)[O-])cc([N+](=O)[O-])c2O)[O][N+](=O)c2cc([N+](=O)[O-])cc([N+](=O)[O-])c2O)c1. The van der Waals surface area contributed by atoms with Gasteiger partial charge in [0.25, 0.3) is 0 Å². The Hall–Kier alpha value is -10.2. The van der Waals surface area contributed by atoms with Gasteiger partial charge in [0.05, 0.1) is 0 Å². The van der Waals surface area contributed by atoms with Gasteiger partial charge < -0.3 is 0 Å². The van der Waals surface area contributed by atoms with E-state index in [4.69, 9.17) is 11.2 Å². The summed E-state index contributed by atoms with van der Waals surface area (Å²) in [5.41, 5.74) is -20.6. The first-order chi connectivity index (χ1) is 30.1. The summed E-state index contributed by atoms with van der Waals surface area (Å²) in [6.45, 7) is 0. The molecule has 0 saturated heterocycles. The van der Waals surface area contributed by atoms with Crippen molar-refractivity contribution in [2.75, 3.05) is 0 Å². The topological polar surface area (TPSA) is 543 Å². The first kappa shape index (κ1) is 47.5. The standard InChI is InChI=1S/4C6H3N3O7.Pb/c4*10-6-4(8(13)14)1-3(7(11)12)2-5(6)9(15)16;/h4*1-2,10H;/q;;;;+4. The van der Waals surface area contributed by atoms with Crippen molar-refractivity contribution in [3.05, 3.63) is 149 Å². The molecule has 0 fully saturated rings. The van der Waals surface area contributed by atoms with Gasteiger partial charge in [-0.3, -0.25) is 0 Å². The number of nitro benzene ring substituents is 8. The minimum absolute atomic E-state index is 0.00640. The van der Waals surface area contributed by atoms with E-state index >= 15 is 0 Å². The molecule has 0 bridgehead atoms. The first-order valence-electron chi connectivity index (χ1n) is 15.4. The Morgan fingerprint density at radius 3 is 0.692 bits per heavy atom. The summed E-state index contributed by atoms with van der Waals surface area (Å²) < 4.78 is 18.9. The minimum atomic E-state index is -8.88. The Kier molecular flexibility index (Phi) is 13.0. The summed E-state index contributed by atoms with van der Waals surface area (Å²) in [4.78, 5) is 129. The third-order valence-corrected chi connectivity index (χ3v) is 13.5. The normalized spacial score (nSPS) is 10.7. The average molecular weight is 1120 g/mol. The molecule has 65 heavy (non-hydrogen) atoms. The van der Waals surface area contributed by atoms with E-state index in [2.05, 4.69) is 0 Å². The third-order valence-electron chi connectivity index (χ3n) is 7.41. The molecule has 4 aromatic rings. The van der Waals surface area contributed by atoms with Crippen molar-refractivity contribution in [1.29, 1.82) is 0 Å². The van der Waals surface area contributed by atoms with Gasteiger partial charge in [-0.25, -0.2) is 0 Å². The Labute approximate surface area is 353 Å². The van der Waals surface area contributed by atoms with Crippen molar-refractivity contribution in [3.63, 3.8) is 0 Å². The average Bonchev–Trinajstić information content (AvgIpc) is 3.19. The fraction of sp³-hybridized carbons (Fsp3) is 0. The third kappa shape index (κ3) is 9.73. The number of phenolic OH excluding ortho intramolecular Hbond substituents is 4. The van der Waals surface area contributed by atoms with Gasteiger partial charge in [-0.1, -0.05) is 0 Å². The predicted octanol–water partition coefficient (Wildman–Crippen LogP) is 3.68. The van der Waals surface area contributed by atoms with Crippen LogP contribution in [0.25, 0.3) is 0 Å². The van der Waals surface area contributed by atoms with E-state index in [1.165, 1.54) is 0 Å². The fourth-order valence-electron chi connectivity index (χ4n) is 4.60. The molecule has 4 aromatic carbocycles. The van der Waals surface area contributed by atoms with Crippen LogP contribution in [0.5, 0.6) is 23.0 Å². The zero-order valence-electron chi connectivity index (χ0n) is 30.1. The van der Waals surface area contributed by atoms with Crippen LogP contribution in [-0.4, -0.2) is 102 Å². The number of nitrogens with zero attached hydrogens (tertiary/aromatic N) is 12. The second-order valence-corrected chi connectivity index (χ2v) is 18.0. The van der Waals surface area contributed by atoms with E-state index in [1.807, 2.05) is 0 Å². The number of rotatable bonds is 20. The van der Waals surface area contributed by atoms with Crippen LogP contribution in [0.1, 0.15) is 0 Å². The Morgan fingerprint density at radius 2 is 0.477 bits per heavy atom. The van der Waals surface area contributed by atoms with Crippen molar-refractivity contribution < 1.29 is 90.7 Å². The molecule has 0 spiro atoms. The van der Waals surface area contributed by atoms with Gasteiger partial charge in [0.15, 0.2) is 0 Å². The summed E-state index contributed by atoms with van der Waals surface area (Å²) in [6.07, 6.45) is 0. The monoisotopic (exact) mass is 1120 g/mol. The second-order valence-electron chi connectivity index (χ2n) is 11.3. The van der Waals surface area contributed by atoms with E-state index < -0.39 is 173 Å². The summed E-state index contributed by atoms with van der Waals surface area (Å²) in [7, 11) is 0. The van der Waals surface area contributed by atoms with Crippen molar-refractivity contribution >= 4 is 91.2 Å². The van der Waals surface area contributed by atoms with Crippen molar-refractivity contribution in [1.82, 2.24) is 0 Å². The molecule has 0 amide bonds. The predicted molar refractivity (Wildman–Crippen MR) is 189 cm³/mol. The molecule has 0 aliphatic heterocycles. The number of hydrogen-bond acceptors (Lipinski definition) is 28. The number of nitro groups is 8. The van der Waals surface area contributed by atoms with Crippen LogP contribution in [-0.2, 0) is 11.2 Å². The van der Waals surface area contributed by atoms with E-state index in [0.717, 1.165) is 0 Å². The van der Waals surface area contributed by atoms with Crippen molar-refractivity contribution in [2.24, 2.45) is 0 Å². The summed E-state index contributed by atoms with van der Waals surface area (Å²) in [6, 6.07) is -0.533. The molecule has 0 aliphatic carbocycles. The molecule has 0 atom stereocenters. The quantitative estimate of drug-likeness (QED) is 0.0557. The number of non-ortho nitro benzene ring substituents is 3. The molecule has 0 heterocycles. The Morgan fingerprint density at radius 1 is 0.292 bits per heavy atom. The second kappa shape index (κ2) is 17.8. The van der Waals surface area contributed by atoms with E-state index in [1.54, 1.807) is 0 Å². The zero-order chi connectivity index (χ0) is 49.2. The number of phenols is 4. The first-order valence-corrected chi connectivity index (χ1v) is 21.7. The zero-order valence-corrected chi connectivity index (χ0v) is 34.0. The Balaban J connectivity index is 2.16. The van der Waals surface area contributed by atoms with Gasteiger partial charge in [-0.05, 0) is 0 Å². The van der Waals surface area contributed by atoms with Gasteiger partial charge >= 0.3 is 354 Å². The van der Waals surface area contributed by atoms with Gasteiger partial charge in [0.2, 0.25) is 0 Å². The summed E-state index contributed by atoms with van der Waals surface area (Å²) in [5.74, 6) is -7.66. The maximum atomic E-state index is 13.7. The van der Waals surface area contributed by atoms with Crippen molar-refractivity contribution in [2.45, 2.75) is 0 Å². The molecule has 336 valence electrons. The molecule has 0 unspecified atom stereocenters. The molecule has 0 aromatic heterocycles. The van der Waals surface area contributed by atoms with E-state index in [0.29, 0.717) is 0 Å². The summed E-state index contributed by atoms with van der Waals surface area (Å²) in [5, 5.41) is 134. The van der Waals surface area contributed by atoms with E-state index in [-0.39, 0.29) is 48.5 Å². The number of benzene rings is 4. The number of aromatic hydroxyl groups is 4. The van der Waals surface area contributed by atoms with Crippen LogP contribution in [0.3, 0.4) is 0 Å². The van der Waals surface area contributed by atoms with E-state index in [9.17, 15) is 121 Å². The molecular formula is C24H12N12O28Pb+4. The van der Waals surface area contributed by atoms with Crippen LogP contribution in [0, 0.1) is 101 Å². The molecule has 0 aliphatic rings. The molecule has 0 radical (unpaired) electrons. The van der Waals surface area contributed by atoms with Crippen LogP contribution < -0.4 is 0 Å². The maximum absolute atomic E-state index is 13.7. The van der Waals surface area contributed by atoms with Crippen LogP contribution in [0.15, 0.2) is 48.5 Å². The van der Waals surface area contributed by atoms with Crippen LogP contribution in [0.4, 0.5) is 68.2 Å². The van der Waals surface area contributed by atoms with Crippen LogP contribution >= 0.6 is 0 Å². The molecular weight excluding hydrogens is 1110 g/mol. The molecule has 0 saturated carbocycles. The van der Waals surface area contributed by atoms with Gasteiger partial charge in [0.1, 0.15) is 0 Å². The van der Waals surface area contributed by atoms with Gasteiger partial charge in [-0.2, -0.15) is 0 Å². The molecule has 41 heteroatoms. The molecule has 4 rings (SSSR count). The molecule has 4 N–H and O–H groups in total. The number of hydrogen-bond donors (Lipinski definition) is 4. The van der Waals surface area contributed by atoms with Crippen LogP contribution in [0.2, 0.25) is 0 Å². The Bertz CT molecular complexity index is 2640. The fourth-order valence-corrected chi connectivity index (χ4v) is 10.1. The van der Waals surface area contributed by atoms with Crippen molar-refractivity contribution in [3.8, 4) is 23.0 Å².